The van der Waals surface area contributed by atoms with Gasteiger partial charge in [0.2, 0.25) is 0 Å². The van der Waals surface area contributed by atoms with Crippen molar-refractivity contribution in [3.63, 3.8) is 0 Å². The zero-order valence-electron chi connectivity index (χ0n) is 12.6. The summed E-state index contributed by atoms with van der Waals surface area (Å²) in [4.78, 5) is 12.9. The smallest absolute Gasteiger partial charge is 0.146 e. The molecule has 3 heterocycles. The Kier molecular flexibility index (Phi) is 3.33. The fraction of sp³-hybridized carbons (Fsp3) is 0.312. The highest BCUT2D eigenvalue weighted by Crippen LogP contribution is 2.27. The molecule has 0 spiro atoms. The highest BCUT2D eigenvalue weighted by atomic mass is 15.1. The summed E-state index contributed by atoms with van der Waals surface area (Å²) in [5, 5.41) is 0.979. The van der Waals surface area contributed by atoms with Crippen LogP contribution in [0.25, 0.3) is 11.0 Å². The number of hydrogen-bond acceptors (Lipinski definition) is 4. The fourth-order valence-corrected chi connectivity index (χ4v) is 2.74. The Morgan fingerprint density at radius 1 is 1.10 bits per heavy atom. The molecular formula is C16H19N5. The Morgan fingerprint density at radius 3 is 2.52 bits per heavy atom. The average molecular weight is 281 g/mol. The summed E-state index contributed by atoms with van der Waals surface area (Å²) in [6, 6.07) is 4.09. The molecular weight excluding hydrogens is 262 g/mol. The maximum absolute atomic E-state index is 6.07. The monoisotopic (exact) mass is 281 g/mol. The van der Waals surface area contributed by atoms with E-state index in [1.807, 2.05) is 31.5 Å². The van der Waals surface area contributed by atoms with E-state index in [0.29, 0.717) is 11.6 Å². The summed E-state index contributed by atoms with van der Waals surface area (Å²) in [5.74, 6) is 1.28. The number of anilines is 1. The number of hydrogen-bond donors (Lipinski definition) is 1. The van der Waals surface area contributed by atoms with Gasteiger partial charge in [0, 0.05) is 24.6 Å². The Morgan fingerprint density at radius 2 is 1.81 bits per heavy atom. The molecule has 0 atom stereocenters. The molecule has 0 unspecified atom stereocenters. The second-order valence-electron chi connectivity index (χ2n) is 5.32. The van der Waals surface area contributed by atoms with E-state index in [1.165, 1.54) is 11.3 Å². The van der Waals surface area contributed by atoms with Crippen LogP contribution < -0.4 is 5.73 Å². The van der Waals surface area contributed by atoms with Gasteiger partial charge in [0.15, 0.2) is 0 Å². The van der Waals surface area contributed by atoms with Crippen LogP contribution in [0.1, 0.15) is 22.6 Å². The SMILES string of the molecule is Cc1nc(N)c2c(C)c(C)n(CCc3ccncc3)c2n1. The maximum Gasteiger partial charge on any atom is 0.146 e. The Hall–Kier alpha value is -2.43. The van der Waals surface area contributed by atoms with Gasteiger partial charge in [-0.25, -0.2) is 9.97 Å². The molecule has 108 valence electrons. The molecule has 0 aliphatic rings. The van der Waals surface area contributed by atoms with Gasteiger partial charge in [0.25, 0.3) is 0 Å². The molecule has 0 aliphatic heterocycles. The van der Waals surface area contributed by atoms with E-state index < -0.39 is 0 Å². The Labute approximate surface area is 123 Å². The zero-order chi connectivity index (χ0) is 15.0. The highest BCUT2D eigenvalue weighted by molar-refractivity contribution is 5.91. The quantitative estimate of drug-likeness (QED) is 0.801. The third kappa shape index (κ3) is 2.35. The number of aromatic nitrogens is 4. The van der Waals surface area contributed by atoms with Gasteiger partial charge in [-0.1, -0.05) is 0 Å². The van der Waals surface area contributed by atoms with Crippen LogP contribution in [-0.2, 0) is 13.0 Å². The first kappa shape index (κ1) is 13.5. The van der Waals surface area contributed by atoms with Crippen molar-refractivity contribution in [2.24, 2.45) is 0 Å². The van der Waals surface area contributed by atoms with Gasteiger partial charge in [-0.15, -0.1) is 0 Å². The minimum atomic E-state index is 0.570. The topological polar surface area (TPSA) is 69.6 Å². The van der Waals surface area contributed by atoms with Crippen molar-refractivity contribution in [2.75, 3.05) is 5.73 Å². The number of nitrogen functional groups attached to an aromatic ring is 1. The number of aryl methyl sites for hydroxylation is 4. The standard InChI is InChI=1S/C16H19N5/c1-10-11(2)21(9-6-13-4-7-18-8-5-13)16-14(10)15(17)19-12(3)20-16/h4-5,7-8H,6,9H2,1-3H3,(H2,17,19,20). The van der Waals surface area contributed by atoms with E-state index >= 15 is 0 Å². The van der Waals surface area contributed by atoms with Crippen molar-refractivity contribution in [3.05, 3.63) is 47.2 Å². The van der Waals surface area contributed by atoms with Gasteiger partial charge in [-0.2, -0.15) is 0 Å². The minimum absolute atomic E-state index is 0.570. The van der Waals surface area contributed by atoms with Crippen LogP contribution in [0, 0.1) is 20.8 Å². The lowest BCUT2D eigenvalue weighted by Gasteiger charge is -2.08. The molecule has 3 aromatic rings. The molecule has 0 saturated carbocycles. The molecule has 5 heteroatoms. The van der Waals surface area contributed by atoms with Crippen LogP contribution in [0.2, 0.25) is 0 Å². The first-order valence-corrected chi connectivity index (χ1v) is 7.06. The van der Waals surface area contributed by atoms with Crippen LogP contribution in [0.4, 0.5) is 5.82 Å². The summed E-state index contributed by atoms with van der Waals surface area (Å²) in [7, 11) is 0. The number of nitrogens with two attached hydrogens (primary N) is 1. The molecule has 5 nitrogen and oxygen atoms in total. The molecule has 21 heavy (non-hydrogen) atoms. The molecule has 0 amide bonds. The predicted octanol–water partition coefficient (Wildman–Crippen LogP) is 2.58. The van der Waals surface area contributed by atoms with E-state index in [-0.39, 0.29) is 0 Å². The molecule has 3 aromatic heterocycles. The van der Waals surface area contributed by atoms with E-state index in [2.05, 4.69) is 33.4 Å². The highest BCUT2D eigenvalue weighted by Gasteiger charge is 2.15. The van der Waals surface area contributed by atoms with Gasteiger partial charge in [-0.3, -0.25) is 4.98 Å². The minimum Gasteiger partial charge on any atom is -0.383 e. The van der Waals surface area contributed by atoms with Gasteiger partial charge < -0.3 is 10.3 Å². The second kappa shape index (κ2) is 5.16. The molecule has 0 aromatic carbocycles. The molecule has 0 fully saturated rings. The first-order valence-electron chi connectivity index (χ1n) is 7.06. The van der Waals surface area contributed by atoms with Gasteiger partial charge >= 0.3 is 0 Å². The van der Waals surface area contributed by atoms with Crippen LogP contribution in [0.3, 0.4) is 0 Å². The van der Waals surface area contributed by atoms with E-state index in [4.69, 9.17) is 5.73 Å². The van der Waals surface area contributed by atoms with E-state index in [9.17, 15) is 0 Å². The van der Waals surface area contributed by atoms with Crippen LogP contribution in [-0.4, -0.2) is 19.5 Å². The summed E-state index contributed by atoms with van der Waals surface area (Å²) < 4.78 is 2.23. The van der Waals surface area contributed by atoms with Crippen LogP contribution in [0.5, 0.6) is 0 Å². The second-order valence-corrected chi connectivity index (χ2v) is 5.32. The largest absolute Gasteiger partial charge is 0.383 e. The van der Waals surface area contributed by atoms with E-state index in [0.717, 1.165) is 29.6 Å². The van der Waals surface area contributed by atoms with Crippen molar-refractivity contribution >= 4 is 16.9 Å². The maximum atomic E-state index is 6.07. The predicted molar refractivity (Wildman–Crippen MR) is 84.1 cm³/mol. The molecule has 3 rings (SSSR count). The van der Waals surface area contributed by atoms with Gasteiger partial charge in [0.05, 0.1) is 5.39 Å². The van der Waals surface area contributed by atoms with Gasteiger partial charge in [0.1, 0.15) is 17.3 Å². The summed E-state index contributed by atoms with van der Waals surface area (Å²) in [6.07, 6.45) is 4.59. The van der Waals surface area contributed by atoms with Gasteiger partial charge in [-0.05, 0) is 50.5 Å². The van der Waals surface area contributed by atoms with E-state index in [1.54, 1.807) is 0 Å². The molecule has 0 radical (unpaired) electrons. The van der Waals surface area contributed by atoms with Crippen molar-refractivity contribution < 1.29 is 0 Å². The Bertz CT molecular complexity index is 790. The average Bonchev–Trinajstić information content (AvgIpc) is 2.70. The van der Waals surface area contributed by atoms with Crippen molar-refractivity contribution in [1.29, 1.82) is 0 Å². The zero-order valence-corrected chi connectivity index (χ0v) is 12.6. The van der Waals surface area contributed by atoms with Crippen LogP contribution >= 0.6 is 0 Å². The van der Waals surface area contributed by atoms with Crippen molar-refractivity contribution in [3.8, 4) is 0 Å². The van der Waals surface area contributed by atoms with Crippen molar-refractivity contribution in [2.45, 2.75) is 33.7 Å². The lowest BCUT2D eigenvalue weighted by atomic mass is 10.2. The fourth-order valence-electron chi connectivity index (χ4n) is 2.74. The lowest BCUT2D eigenvalue weighted by molar-refractivity contribution is 0.693. The molecule has 2 N–H and O–H groups in total. The van der Waals surface area contributed by atoms with Crippen LogP contribution in [0.15, 0.2) is 24.5 Å². The third-order valence-electron chi connectivity index (χ3n) is 3.98. The normalized spacial score (nSPS) is 11.2. The Balaban J connectivity index is 2.04. The number of rotatable bonds is 3. The molecule has 0 bridgehead atoms. The number of fused-ring (bicyclic) bond motifs is 1. The van der Waals surface area contributed by atoms with Crippen molar-refractivity contribution in [1.82, 2.24) is 19.5 Å². The molecule has 0 saturated heterocycles. The molecule has 0 aliphatic carbocycles. The summed E-state index contributed by atoms with van der Waals surface area (Å²) >= 11 is 0. The number of nitrogens with zero attached hydrogens (tertiary/aromatic N) is 4. The third-order valence-corrected chi connectivity index (χ3v) is 3.98. The summed E-state index contributed by atoms with van der Waals surface area (Å²) in [5.41, 5.74) is 10.6. The summed E-state index contributed by atoms with van der Waals surface area (Å²) in [6.45, 7) is 6.94. The number of pyridine rings is 1. The lowest BCUT2D eigenvalue weighted by Crippen LogP contribution is -2.05. The first-order chi connectivity index (χ1) is 10.1.